The molecule has 0 aliphatic heterocycles. The van der Waals surface area contributed by atoms with Crippen molar-refractivity contribution in [2.75, 3.05) is 5.75 Å². The van der Waals surface area contributed by atoms with E-state index in [1.165, 1.54) is 0 Å². The molecule has 0 aromatic carbocycles. The van der Waals surface area contributed by atoms with Crippen molar-refractivity contribution in [1.82, 2.24) is 0 Å². The molecule has 0 aromatic rings. The molecule has 0 spiro atoms. The van der Waals surface area contributed by atoms with Gasteiger partial charge in [-0.05, 0) is 17.7 Å². The highest BCUT2D eigenvalue weighted by Gasteiger charge is 2.11. The SMILES string of the molecule is CCCSP(=O)(O)Cl. The van der Waals surface area contributed by atoms with Crippen molar-refractivity contribution in [3.63, 3.8) is 0 Å². The van der Waals surface area contributed by atoms with E-state index >= 15 is 0 Å². The molecule has 1 unspecified atom stereocenters. The summed E-state index contributed by atoms with van der Waals surface area (Å²) in [5.74, 6) is -2.64. The lowest BCUT2D eigenvalue weighted by Gasteiger charge is -1.97. The van der Waals surface area contributed by atoms with Crippen LogP contribution in [0, 0.1) is 0 Å². The molecule has 8 heavy (non-hydrogen) atoms. The van der Waals surface area contributed by atoms with Crippen LogP contribution in [0.5, 0.6) is 0 Å². The normalized spacial score (nSPS) is 17.9. The molecule has 50 valence electrons. The lowest BCUT2D eigenvalue weighted by molar-refractivity contribution is 0.513. The van der Waals surface area contributed by atoms with E-state index in [0.717, 1.165) is 17.8 Å². The Balaban J connectivity index is 3.26. The minimum Gasteiger partial charge on any atom is -0.326 e. The van der Waals surface area contributed by atoms with Gasteiger partial charge in [-0.25, -0.2) is 0 Å². The highest BCUT2D eigenvalue weighted by molar-refractivity contribution is 8.63. The van der Waals surface area contributed by atoms with E-state index in [9.17, 15) is 4.57 Å². The van der Waals surface area contributed by atoms with E-state index in [4.69, 9.17) is 16.1 Å². The molecular weight excluding hydrogens is 167 g/mol. The van der Waals surface area contributed by atoms with Gasteiger partial charge in [0.25, 0.3) is 0 Å². The van der Waals surface area contributed by atoms with Crippen LogP contribution in [0.3, 0.4) is 0 Å². The third kappa shape index (κ3) is 6.83. The Morgan fingerprint density at radius 1 is 1.88 bits per heavy atom. The Morgan fingerprint density at radius 3 is 2.50 bits per heavy atom. The minimum absolute atomic E-state index is 0.650. The summed E-state index contributed by atoms with van der Waals surface area (Å²) < 4.78 is 10.3. The molecule has 0 aliphatic rings. The predicted octanol–water partition coefficient (Wildman–Crippen LogP) is 2.47. The first-order valence-electron chi connectivity index (χ1n) is 2.23. The summed E-state index contributed by atoms with van der Waals surface area (Å²) >= 11 is 5.90. The number of hydrogen-bond acceptors (Lipinski definition) is 2. The summed E-state index contributed by atoms with van der Waals surface area (Å²) in [5, 5.41) is 0. The van der Waals surface area contributed by atoms with Gasteiger partial charge in [0.15, 0.2) is 0 Å². The molecule has 0 fully saturated rings. The molecule has 0 saturated carbocycles. The van der Waals surface area contributed by atoms with Crippen LogP contribution >= 0.6 is 28.5 Å². The minimum atomic E-state index is -3.29. The smallest absolute Gasteiger partial charge is 0.326 e. The maximum Gasteiger partial charge on any atom is 0.343 e. The standard InChI is InChI=1S/C3H8ClO2PS/c1-2-3-8-7(4,5)6/h2-3H2,1H3,(H,5,6). The molecule has 0 aliphatic carbocycles. The molecule has 1 atom stereocenters. The molecule has 0 rings (SSSR count). The summed E-state index contributed by atoms with van der Waals surface area (Å²) in [7, 11) is 0. The van der Waals surface area contributed by atoms with Gasteiger partial charge in [0.2, 0.25) is 0 Å². The van der Waals surface area contributed by atoms with Crippen LogP contribution in [-0.2, 0) is 4.57 Å². The molecule has 0 heterocycles. The van der Waals surface area contributed by atoms with Gasteiger partial charge in [-0.1, -0.05) is 18.3 Å². The van der Waals surface area contributed by atoms with Crippen LogP contribution in [0.15, 0.2) is 0 Å². The molecule has 0 aromatic heterocycles. The van der Waals surface area contributed by atoms with E-state index in [2.05, 4.69) is 0 Å². The summed E-state index contributed by atoms with van der Waals surface area (Å²) in [4.78, 5) is 8.43. The average Bonchev–Trinajstić information content (AvgIpc) is 1.59. The largest absolute Gasteiger partial charge is 0.343 e. The molecule has 0 radical (unpaired) electrons. The first kappa shape index (κ1) is 8.83. The second kappa shape index (κ2) is 3.78. The van der Waals surface area contributed by atoms with Crippen molar-refractivity contribution in [2.45, 2.75) is 13.3 Å². The lowest BCUT2D eigenvalue weighted by atomic mass is 10.6. The van der Waals surface area contributed by atoms with E-state index in [1.807, 2.05) is 6.92 Å². The quantitative estimate of drug-likeness (QED) is 0.668. The van der Waals surface area contributed by atoms with Crippen LogP contribution < -0.4 is 0 Å². The first-order chi connectivity index (χ1) is 3.56. The Labute approximate surface area is 57.6 Å². The average molecular weight is 175 g/mol. The van der Waals surface area contributed by atoms with Gasteiger partial charge < -0.3 is 4.89 Å². The fourth-order valence-corrected chi connectivity index (χ4v) is 2.46. The van der Waals surface area contributed by atoms with Gasteiger partial charge in [-0.15, -0.1) is 0 Å². The molecule has 0 bridgehead atoms. The zero-order valence-electron chi connectivity index (χ0n) is 4.50. The highest BCUT2D eigenvalue weighted by atomic mass is 35.7. The molecule has 0 amide bonds. The van der Waals surface area contributed by atoms with Crippen molar-refractivity contribution in [3.8, 4) is 0 Å². The van der Waals surface area contributed by atoms with E-state index < -0.39 is 5.92 Å². The number of rotatable bonds is 3. The second-order valence-corrected chi connectivity index (χ2v) is 7.09. The maximum absolute atomic E-state index is 10.3. The van der Waals surface area contributed by atoms with Crippen molar-refractivity contribution in [1.29, 1.82) is 0 Å². The van der Waals surface area contributed by atoms with Crippen LogP contribution in [0.25, 0.3) is 0 Å². The van der Waals surface area contributed by atoms with E-state index in [-0.39, 0.29) is 0 Å². The molecule has 5 heteroatoms. The first-order valence-corrected chi connectivity index (χ1v) is 6.39. The van der Waals surface area contributed by atoms with Crippen molar-refractivity contribution < 1.29 is 9.46 Å². The predicted molar refractivity (Wildman–Crippen MR) is 38.4 cm³/mol. The van der Waals surface area contributed by atoms with E-state index in [0.29, 0.717) is 5.75 Å². The number of halogens is 1. The van der Waals surface area contributed by atoms with Gasteiger partial charge >= 0.3 is 5.92 Å². The van der Waals surface area contributed by atoms with Gasteiger partial charge in [-0.3, -0.25) is 4.57 Å². The molecule has 0 saturated heterocycles. The molecular formula is C3H8ClO2PS. The van der Waals surface area contributed by atoms with Crippen molar-refractivity contribution in [3.05, 3.63) is 0 Å². The number of hydrogen-bond donors (Lipinski definition) is 1. The van der Waals surface area contributed by atoms with Crippen LogP contribution in [0.2, 0.25) is 0 Å². The third-order valence-corrected chi connectivity index (χ3v) is 3.75. The Hall–Kier alpha value is 0.830. The summed E-state index contributed by atoms with van der Waals surface area (Å²) in [6, 6.07) is 0. The van der Waals surface area contributed by atoms with Gasteiger partial charge in [0.1, 0.15) is 0 Å². The maximum atomic E-state index is 10.3. The lowest BCUT2D eigenvalue weighted by Crippen LogP contribution is -1.69. The zero-order chi connectivity index (χ0) is 6.62. The summed E-state index contributed by atoms with van der Waals surface area (Å²) in [5.41, 5.74) is 0. The summed E-state index contributed by atoms with van der Waals surface area (Å²) in [6.45, 7) is 1.93. The van der Waals surface area contributed by atoms with Gasteiger partial charge in [0, 0.05) is 5.75 Å². The second-order valence-electron chi connectivity index (χ2n) is 1.28. The van der Waals surface area contributed by atoms with Crippen molar-refractivity contribution >= 4 is 28.5 Å². The van der Waals surface area contributed by atoms with Gasteiger partial charge in [0.05, 0.1) is 0 Å². The van der Waals surface area contributed by atoms with Crippen LogP contribution in [0.4, 0.5) is 0 Å². The fraction of sp³-hybridized carbons (Fsp3) is 1.00. The fourth-order valence-electron chi connectivity index (χ4n) is 0.204. The van der Waals surface area contributed by atoms with Crippen molar-refractivity contribution in [2.24, 2.45) is 0 Å². The van der Waals surface area contributed by atoms with Gasteiger partial charge in [-0.2, -0.15) is 0 Å². The highest BCUT2D eigenvalue weighted by Crippen LogP contribution is 2.59. The molecule has 2 nitrogen and oxygen atoms in total. The van der Waals surface area contributed by atoms with E-state index in [1.54, 1.807) is 0 Å². The zero-order valence-corrected chi connectivity index (χ0v) is 6.97. The Bertz CT molecular complexity index is 101. The summed E-state index contributed by atoms with van der Waals surface area (Å²) in [6.07, 6.45) is 0.877. The molecule has 1 N–H and O–H groups in total. The Morgan fingerprint density at radius 2 is 2.38 bits per heavy atom. The van der Waals surface area contributed by atoms with Crippen LogP contribution in [-0.4, -0.2) is 10.6 Å². The topological polar surface area (TPSA) is 37.3 Å². The third-order valence-electron chi connectivity index (χ3n) is 0.455. The van der Waals surface area contributed by atoms with Crippen LogP contribution in [0.1, 0.15) is 13.3 Å². The monoisotopic (exact) mass is 174 g/mol. The Kier molecular flexibility index (Phi) is 4.17.